The Bertz CT molecular complexity index is 856. The number of nitrogens with one attached hydrogen (secondary N) is 2. The molecule has 0 atom stereocenters. The summed E-state index contributed by atoms with van der Waals surface area (Å²) in [7, 11) is 1.77. The van der Waals surface area contributed by atoms with E-state index in [4.69, 9.17) is 4.98 Å². The molecule has 0 aliphatic carbocycles. The highest BCUT2D eigenvalue weighted by Crippen LogP contribution is 2.27. The number of amides is 1. The molecule has 1 aromatic heterocycles. The number of benzene rings is 1. The van der Waals surface area contributed by atoms with Crippen LogP contribution in [0.5, 0.6) is 0 Å². The maximum Gasteiger partial charge on any atom is 0.261 e. The van der Waals surface area contributed by atoms with Crippen molar-refractivity contribution in [1.82, 2.24) is 25.1 Å². The molecular weight excluding hydrogens is 306 g/mol. The first kappa shape index (κ1) is 15.3. The molecule has 7 nitrogen and oxygen atoms in total. The van der Waals surface area contributed by atoms with Crippen LogP contribution in [-0.2, 0) is 18.4 Å². The van der Waals surface area contributed by atoms with Gasteiger partial charge in [0.05, 0.1) is 23.0 Å². The van der Waals surface area contributed by atoms with E-state index < -0.39 is 0 Å². The summed E-state index contributed by atoms with van der Waals surface area (Å²) in [5, 5.41) is 6.86. The van der Waals surface area contributed by atoms with E-state index in [1.807, 2.05) is 18.2 Å². The van der Waals surface area contributed by atoms with Gasteiger partial charge >= 0.3 is 0 Å². The third-order valence-electron chi connectivity index (χ3n) is 5.18. The SMILES string of the molecule is Cn1c(CN2CCNC(=O)CC23CNC3)nc2ccccc2c1=O. The van der Waals surface area contributed by atoms with Crippen molar-refractivity contribution < 1.29 is 4.79 Å². The second kappa shape index (κ2) is 5.68. The lowest BCUT2D eigenvalue weighted by Crippen LogP contribution is -2.69. The minimum atomic E-state index is -0.163. The molecule has 7 heteroatoms. The van der Waals surface area contributed by atoms with Crippen LogP contribution in [0, 0.1) is 0 Å². The number of rotatable bonds is 2. The third kappa shape index (κ3) is 2.40. The van der Waals surface area contributed by atoms with E-state index in [1.165, 1.54) is 0 Å². The van der Waals surface area contributed by atoms with Crippen LogP contribution < -0.4 is 16.2 Å². The van der Waals surface area contributed by atoms with Gasteiger partial charge in [0.15, 0.2) is 0 Å². The Morgan fingerprint density at radius 1 is 1.25 bits per heavy atom. The standard InChI is InChI=1S/C17H21N5O2/c1-21-14(20-13-5-3-2-4-12(13)16(21)24)9-22-7-6-19-15(23)8-17(22)10-18-11-17/h2-5,18H,6-11H2,1H3,(H,19,23). The van der Waals surface area contributed by atoms with Crippen molar-refractivity contribution in [3.8, 4) is 0 Å². The van der Waals surface area contributed by atoms with Gasteiger partial charge in [-0.05, 0) is 12.1 Å². The minimum absolute atomic E-state index is 0.0274. The van der Waals surface area contributed by atoms with Gasteiger partial charge in [-0.2, -0.15) is 0 Å². The van der Waals surface area contributed by atoms with E-state index in [-0.39, 0.29) is 17.0 Å². The maximum absolute atomic E-state index is 12.6. The fourth-order valence-electron chi connectivity index (χ4n) is 3.63. The number of hydrogen-bond donors (Lipinski definition) is 2. The molecule has 126 valence electrons. The van der Waals surface area contributed by atoms with Crippen molar-refractivity contribution in [2.24, 2.45) is 7.05 Å². The number of para-hydroxylation sites is 1. The fourth-order valence-corrected chi connectivity index (χ4v) is 3.63. The highest BCUT2D eigenvalue weighted by atomic mass is 16.1. The smallest absolute Gasteiger partial charge is 0.261 e. The topological polar surface area (TPSA) is 79.3 Å². The van der Waals surface area contributed by atoms with E-state index in [0.29, 0.717) is 24.9 Å². The summed E-state index contributed by atoms with van der Waals surface area (Å²) in [5.41, 5.74) is 0.532. The number of fused-ring (bicyclic) bond motifs is 1. The fraction of sp³-hybridized carbons (Fsp3) is 0.471. The van der Waals surface area contributed by atoms with Gasteiger partial charge in [0, 0.05) is 39.6 Å². The highest BCUT2D eigenvalue weighted by Gasteiger charge is 2.45. The average molecular weight is 327 g/mol. The van der Waals surface area contributed by atoms with Crippen molar-refractivity contribution in [3.63, 3.8) is 0 Å². The van der Waals surface area contributed by atoms with E-state index in [1.54, 1.807) is 17.7 Å². The van der Waals surface area contributed by atoms with Crippen molar-refractivity contribution in [3.05, 3.63) is 40.4 Å². The second-order valence-corrected chi connectivity index (χ2v) is 6.69. The lowest BCUT2D eigenvalue weighted by molar-refractivity contribution is -0.123. The van der Waals surface area contributed by atoms with Crippen LogP contribution in [0.1, 0.15) is 12.2 Å². The summed E-state index contributed by atoms with van der Waals surface area (Å²) in [6.45, 7) is 3.54. The second-order valence-electron chi connectivity index (χ2n) is 6.69. The average Bonchev–Trinajstić information content (AvgIpc) is 2.71. The summed E-state index contributed by atoms with van der Waals surface area (Å²) >= 11 is 0. The zero-order valence-electron chi connectivity index (χ0n) is 13.7. The van der Waals surface area contributed by atoms with Gasteiger partial charge in [-0.3, -0.25) is 19.1 Å². The molecule has 0 unspecified atom stereocenters. The monoisotopic (exact) mass is 327 g/mol. The van der Waals surface area contributed by atoms with E-state index in [0.717, 1.165) is 31.0 Å². The number of carbonyl (C=O) groups excluding carboxylic acids is 1. The molecule has 2 saturated heterocycles. The molecule has 2 aliphatic rings. The van der Waals surface area contributed by atoms with Gasteiger partial charge < -0.3 is 10.6 Å². The molecule has 0 saturated carbocycles. The Morgan fingerprint density at radius 3 is 2.79 bits per heavy atom. The molecule has 3 heterocycles. The molecule has 2 aromatic rings. The Morgan fingerprint density at radius 2 is 2.04 bits per heavy atom. The minimum Gasteiger partial charge on any atom is -0.355 e. The summed E-state index contributed by atoms with van der Waals surface area (Å²) in [6.07, 6.45) is 0.488. The van der Waals surface area contributed by atoms with Crippen molar-refractivity contribution >= 4 is 16.8 Å². The highest BCUT2D eigenvalue weighted by molar-refractivity contribution is 5.78. The van der Waals surface area contributed by atoms with Crippen molar-refractivity contribution in [2.45, 2.75) is 18.5 Å². The first-order chi connectivity index (χ1) is 11.6. The van der Waals surface area contributed by atoms with Crippen molar-refractivity contribution in [2.75, 3.05) is 26.2 Å². The van der Waals surface area contributed by atoms with E-state index >= 15 is 0 Å². The van der Waals surface area contributed by atoms with Crippen LogP contribution in [0.4, 0.5) is 0 Å². The molecule has 2 N–H and O–H groups in total. The predicted molar refractivity (Wildman–Crippen MR) is 90.6 cm³/mol. The quantitative estimate of drug-likeness (QED) is 0.784. The Kier molecular flexibility index (Phi) is 3.62. The molecule has 0 bridgehead atoms. The molecule has 1 aromatic carbocycles. The number of carbonyl (C=O) groups is 1. The number of aromatic nitrogens is 2. The lowest BCUT2D eigenvalue weighted by atomic mass is 9.86. The molecule has 1 spiro atoms. The van der Waals surface area contributed by atoms with Gasteiger partial charge in [0.25, 0.3) is 5.56 Å². The summed E-state index contributed by atoms with van der Waals surface area (Å²) < 4.78 is 1.63. The first-order valence-electron chi connectivity index (χ1n) is 8.26. The maximum atomic E-state index is 12.6. The number of nitrogens with zero attached hydrogens (tertiary/aromatic N) is 3. The predicted octanol–water partition coefficient (Wildman–Crippen LogP) is -0.403. The largest absolute Gasteiger partial charge is 0.355 e. The molecular formula is C17H21N5O2. The van der Waals surface area contributed by atoms with Crippen LogP contribution >= 0.6 is 0 Å². The van der Waals surface area contributed by atoms with Crippen LogP contribution in [-0.4, -0.2) is 52.1 Å². The van der Waals surface area contributed by atoms with Crippen molar-refractivity contribution in [1.29, 1.82) is 0 Å². The summed E-state index contributed by atoms with van der Waals surface area (Å²) in [5.74, 6) is 0.832. The van der Waals surface area contributed by atoms with E-state index in [9.17, 15) is 9.59 Å². The zero-order chi connectivity index (χ0) is 16.7. The summed E-state index contributed by atoms with van der Waals surface area (Å²) in [4.78, 5) is 31.5. The van der Waals surface area contributed by atoms with Crippen LogP contribution in [0.3, 0.4) is 0 Å². The third-order valence-corrected chi connectivity index (χ3v) is 5.18. The molecule has 24 heavy (non-hydrogen) atoms. The van der Waals surface area contributed by atoms with Gasteiger partial charge in [-0.1, -0.05) is 12.1 Å². The zero-order valence-corrected chi connectivity index (χ0v) is 13.7. The van der Waals surface area contributed by atoms with E-state index in [2.05, 4.69) is 15.5 Å². The molecule has 4 rings (SSSR count). The molecule has 2 fully saturated rings. The Labute approximate surface area is 139 Å². The van der Waals surface area contributed by atoms with Gasteiger partial charge in [-0.25, -0.2) is 4.98 Å². The molecule has 2 aliphatic heterocycles. The normalized spacial score (nSPS) is 20.6. The van der Waals surface area contributed by atoms with Crippen LogP contribution in [0.2, 0.25) is 0 Å². The summed E-state index contributed by atoms with van der Waals surface area (Å²) in [6, 6.07) is 7.42. The van der Waals surface area contributed by atoms with Gasteiger partial charge in [0.2, 0.25) is 5.91 Å². The first-order valence-corrected chi connectivity index (χ1v) is 8.26. The Balaban J connectivity index is 1.72. The molecule has 1 amide bonds. The van der Waals surface area contributed by atoms with Gasteiger partial charge in [-0.15, -0.1) is 0 Å². The number of hydrogen-bond acceptors (Lipinski definition) is 5. The van der Waals surface area contributed by atoms with Gasteiger partial charge in [0.1, 0.15) is 5.82 Å². The Hall–Kier alpha value is -2.25. The van der Waals surface area contributed by atoms with Crippen LogP contribution in [0.15, 0.2) is 29.1 Å². The molecule has 0 radical (unpaired) electrons. The van der Waals surface area contributed by atoms with Crippen LogP contribution in [0.25, 0.3) is 10.9 Å². The lowest BCUT2D eigenvalue weighted by Gasteiger charge is -2.49.